The third-order valence-electron chi connectivity index (χ3n) is 3.60. The number of benzene rings is 1. The average Bonchev–Trinajstić information content (AvgIpc) is 2.48. The van der Waals surface area contributed by atoms with Gasteiger partial charge in [0.15, 0.2) is 0 Å². The Bertz CT molecular complexity index is 419. The Labute approximate surface area is 121 Å². The largest absolute Gasteiger partial charge is 0.309 e. The predicted molar refractivity (Wildman–Crippen MR) is 81.9 cm³/mol. The summed E-state index contributed by atoms with van der Waals surface area (Å²) in [5, 5.41) is 14.3. The fourth-order valence-electron chi connectivity index (χ4n) is 2.29. The van der Waals surface area contributed by atoms with Crippen molar-refractivity contribution in [3.8, 4) is 0 Å². The van der Waals surface area contributed by atoms with Crippen LogP contribution in [0.2, 0.25) is 0 Å². The molecule has 1 N–H and O–H groups in total. The van der Waals surface area contributed by atoms with Gasteiger partial charge in [0.25, 0.3) is 5.69 Å². The van der Waals surface area contributed by atoms with Gasteiger partial charge in [-0.15, -0.1) is 0 Å². The van der Waals surface area contributed by atoms with Crippen LogP contribution in [-0.2, 0) is 0 Å². The van der Waals surface area contributed by atoms with Gasteiger partial charge in [-0.25, -0.2) is 0 Å². The minimum absolute atomic E-state index is 0.159. The van der Waals surface area contributed by atoms with Gasteiger partial charge in [-0.1, -0.05) is 32.9 Å². The van der Waals surface area contributed by atoms with Crippen molar-refractivity contribution in [3.63, 3.8) is 0 Å². The number of nitrogens with zero attached hydrogens (tertiary/aromatic N) is 2. The Morgan fingerprint density at radius 2 is 2.00 bits per heavy atom. The molecule has 0 spiro atoms. The van der Waals surface area contributed by atoms with E-state index in [1.807, 2.05) is 6.07 Å². The third-order valence-corrected chi connectivity index (χ3v) is 3.60. The van der Waals surface area contributed by atoms with Gasteiger partial charge >= 0.3 is 0 Å². The van der Waals surface area contributed by atoms with Crippen LogP contribution in [0.15, 0.2) is 24.3 Å². The van der Waals surface area contributed by atoms with E-state index in [2.05, 4.69) is 31.0 Å². The van der Waals surface area contributed by atoms with Gasteiger partial charge in [0.2, 0.25) is 0 Å². The van der Waals surface area contributed by atoms with Gasteiger partial charge in [0.1, 0.15) is 0 Å². The molecule has 5 nitrogen and oxygen atoms in total. The summed E-state index contributed by atoms with van der Waals surface area (Å²) >= 11 is 0. The molecular weight excluding hydrogens is 254 g/mol. The van der Waals surface area contributed by atoms with Crippen LogP contribution < -0.4 is 5.32 Å². The molecule has 0 bridgehead atoms. The molecule has 0 saturated heterocycles. The molecule has 0 aromatic heterocycles. The minimum Gasteiger partial charge on any atom is -0.309 e. The summed E-state index contributed by atoms with van der Waals surface area (Å²) < 4.78 is 0. The fourth-order valence-corrected chi connectivity index (χ4v) is 2.29. The van der Waals surface area contributed by atoms with Crippen LogP contribution in [0, 0.1) is 10.1 Å². The van der Waals surface area contributed by atoms with Gasteiger partial charge in [0, 0.05) is 31.3 Å². The zero-order chi connectivity index (χ0) is 15.0. The number of non-ortho nitro benzene ring substituents is 1. The Hall–Kier alpha value is -1.46. The summed E-state index contributed by atoms with van der Waals surface area (Å²) in [5.74, 6) is 0. The molecule has 1 atom stereocenters. The van der Waals surface area contributed by atoms with E-state index in [4.69, 9.17) is 0 Å². The number of nitrogens with one attached hydrogen (secondary N) is 1. The topological polar surface area (TPSA) is 58.4 Å². The first-order valence-electron chi connectivity index (χ1n) is 7.32. The second-order valence-corrected chi connectivity index (χ2v) is 4.79. The Kier molecular flexibility index (Phi) is 7.18. The zero-order valence-electron chi connectivity index (χ0n) is 12.6. The SMILES string of the molecule is CCC(NCCN(CC)CC)c1cccc([N+](=O)[O-])c1. The lowest BCUT2D eigenvalue weighted by Gasteiger charge is -2.22. The number of hydrogen-bond acceptors (Lipinski definition) is 4. The smallest absolute Gasteiger partial charge is 0.269 e. The Morgan fingerprint density at radius 1 is 1.30 bits per heavy atom. The van der Waals surface area contributed by atoms with Crippen molar-refractivity contribution in [2.75, 3.05) is 26.2 Å². The van der Waals surface area contributed by atoms with E-state index in [0.29, 0.717) is 0 Å². The van der Waals surface area contributed by atoms with Crippen molar-refractivity contribution in [1.29, 1.82) is 0 Å². The number of rotatable bonds is 9. The molecule has 1 rings (SSSR count). The lowest BCUT2D eigenvalue weighted by molar-refractivity contribution is -0.384. The van der Waals surface area contributed by atoms with Gasteiger partial charge in [-0.3, -0.25) is 10.1 Å². The fraction of sp³-hybridized carbons (Fsp3) is 0.600. The van der Waals surface area contributed by atoms with Crippen LogP contribution >= 0.6 is 0 Å². The van der Waals surface area contributed by atoms with E-state index in [0.717, 1.165) is 38.2 Å². The maximum atomic E-state index is 10.8. The Balaban J connectivity index is 2.62. The van der Waals surface area contributed by atoms with E-state index in [-0.39, 0.29) is 16.7 Å². The van der Waals surface area contributed by atoms with Crippen LogP contribution in [0.25, 0.3) is 0 Å². The van der Waals surface area contributed by atoms with Crippen molar-refractivity contribution in [2.24, 2.45) is 0 Å². The minimum atomic E-state index is -0.341. The van der Waals surface area contributed by atoms with Crippen LogP contribution in [-0.4, -0.2) is 36.0 Å². The average molecular weight is 279 g/mol. The van der Waals surface area contributed by atoms with Gasteiger partial charge in [0.05, 0.1) is 4.92 Å². The highest BCUT2D eigenvalue weighted by molar-refractivity contribution is 5.35. The van der Waals surface area contributed by atoms with Crippen LogP contribution in [0.4, 0.5) is 5.69 Å². The van der Waals surface area contributed by atoms with Gasteiger partial charge in [-0.05, 0) is 25.1 Å². The number of nitro groups is 1. The number of nitro benzene ring substituents is 1. The van der Waals surface area contributed by atoms with Crippen molar-refractivity contribution in [2.45, 2.75) is 33.2 Å². The van der Waals surface area contributed by atoms with Crippen LogP contribution in [0.1, 0.15) is 38.8 Å². The van der Waals surface area contributed by atoms with Crippen molar-refractivity contribution in [1.82, 2.24) is 10.2 Å². The molecule has 0 heterocycles. The first-order valence-corrected chi connectivity index (χ1v) is 7.32. The quantitative estimate of drug-likeness (QED) is 0.557. The Morgan fingerprint density at radius 3 is 2.55 bits per heavy atom. The first kappa shape index (κ1) is 16.6. The molecule has 0 saturated carbocycles. The maximum Gasteiger partial charge on any atom is 0.269 e. The van der Waals surface area contributed by atoms with Crippen molar-refractivity contribution < 1.29 is 4.92 Å². The van der Waals surface area contributed by atoms with Gasteiger partial charge in [-0.2, -0.15) is 0 Å². The molecule has 0 radical (unpaired) electrons. The number of likely N-dealkylation sites (N-methyl/N-ethyl adjacent to an activating group) is 1. The van der Waals surface area contributed by atoms with Crippen molar-refractivity contribution in [3.05, 3.63) is 39.9 Å². The highest BCUT2D eigenvalue weighted by atomic mass is 16.6. The molecular formula is C15H25N3O2. The summed E-state index contributed by atoms with van der Waals surface area (Å²) in [6.45, 7) is 10.4. The second-order valence-electron chi connectivity index (χ2n) is 4.79. The molecule has 0 fully saturated rings. The molecule has 0 aliphatic rings. The lowest BCUT2D eigenvalue weighted by Crippen LogP contribution is -2.33. The zero-order valence-corrected chi connectivity index (χ0v) is 12.6. The first-order chi connectivity index (χ1) is 9.62. The molecule has 0 aliphatic carbocycles. The van der Waals surface area contributed by atoms with Crippen molar-refractivity contribution >= 4 is 5.69 Å². The number of hydrogen-bond donors (Lipinski definition) is 1. The molecule has 112 valence electrons. The lowest BCUT2D eigenvalue weighted by atomic mass is 10.0. The predicted octanol–water partition coefficient (Wildman–Crippen LogP) is 2.98. The van der Waals surface area contributed by atoms with E-state index in [1.165, 1.54) is 6.07 Å². The summed E-state index contributed by atoms with van der Waals surface area (Å²) in [5.41, 5.74) is 1.15. The third kappa shape index (κ3) is 4.90. The molecule has 5 heteroatoms. The van der Waals surface area contributed by atoms with E-state index >= 15 is 0 Å². The summed E-state index contributed by atoms with van der Waals surface area (Å²) in [7, 11) is 0. The summed E-state index contributed by atoms with van der Waals surface area (Å²) in [6.07, 6.45) is 0.916. The molecule has 1 aromatic rings. The molecule has 1 unspecified atom stereocenters. The van der Waals surface area contributed by atoms with E-state index in [1.54, 1.807) is 12.1 Å². The van der Waals surface area contributed by atoms with Crippen LogP contribution in [0.5, 0.6) is 0 Å². The molecule has 20 heavy (non-hydrogen) atoms. The highest BCUT2D eigenvalue weighted by Gasteiger charge is 2.13. The molecule has 0 aliphatic heterocycles. The second kappa shape index (κ2) is 8.66. The standard InChI is InChI=1S/C15H25N3O2/c1-4-15(16-10-11-17(5-2)6-3)13-8-7-9-14(12-13)18(19)20/h7-9,12,15-16H,4-6,10-11H2,1-3H3. The molecule has 1 aromatic carbocycles. The van der Waals surface area contributed by atoms with Gasteiger partial charge < -0.3 is 10.2 Å². The molecule has 0 amide bonds. The van der Waals surface area contributed by atoms with E-state index < -0.39 is 0 Å². The monoisotopic (exact) mass is 279 g/mol. The maximum absolute atomic E-state index is 10.8. The van der Waals surface area contributed by atoms with Crippen LogP contribution in [0.3, 0.4) is 0 Å². The summed E-state index contributed by atoms with van der Waals surface area (Å²) in [6, 6.07) is 7.07. The highest BCUT2D eigenvalue weighted by Crippen LogP contribution is 2.21. The van der Waals surface area contributed by atoms with E-state index in [9.17, 15) is 10.1 Å². The normalized spacial score (nSPS) is 12.6. The summed E-state index contributed by atoms with van der Waals surface area (Å²) in [4.78, 5) is 12.8.